The van der Waals surface area contributed by atoms with Crippen LogP contribution in [-0.4, -0.2) is 62.9 Å². The lowest BCUT2D eigenvalue weighted by molar-refractivity contribution is -0.385. The van der Waals surface area contributed by atoms with Gasteiger partial charge in [-0.3, -0.25) is 24.0 Å². The number of hydrogen-bond donors (Lipinski definition) is 1. The van der Waals surface area contributed by atoms with Crippen molar-refractivity contribution in [3.05, 3.63) is 88.0 Å². The molecule has 4 rings (SSSR count). The van der Waals surface area contributed by atoms with Gasteiger partial charge in [0.05, 0.1) is 29.7 Å². The van der Waals surface area contributed by atoms with Crippen molar-refractivity contribution in [2.75, 3.05) is 25.1 Å². The molecule has 3 aromatic carbocycles. The Labute approximate surface area is 263 Å². The molecule has 0 saturated heterocycles. The maximum Gasteiger partial charge on any atom is 0.273 e. The number of rotatable bonds is 13. The maximum absolute atomic E-state index is 14.2. The Hall–Kier alpha value is -4.65. The number of methoxy groups -OCH3 is 2. The largest absolute Gasteiger partial charge is 0.497 e. The summed E-state index contributed by atoms with van der Waals surface area (Å²) in [7, 11) is -1.49. The van der Waals surface area contributed by atoms with Crippen LogP contribution in [0.4, 0.5) is 11.4 Å². The normalized spacial score (nSPS) is 14.0. The summed E-state index contributed by atoms with van der Waals surface area (Å²) in [6.07, 6.45) is 3.74. The van der Waals surface area contributed by atoms with Crippen molar-refractivity contribution in [1.82, 2.24) is 10.2 Å². The average molecular weight is 639 g/mol. The van der Waals surface area contributed by atoms with Gasteiger partial charge in [0.25, 0.3) is 15.7 Å². The van der Waals surface area contributed by atoms with Gasteiger partial charge in [0.2, 0.25) is 11.8 Å². The van der Waals surface area contributed by atoms with E-state index in [9.17, 15) is 28.1 Å². The van der Waals surface area contributed by atoms with E-state index >= 15 is 0 Å². The number of hydrogen-bond acceptors (Lipinski definition) is 8. The molecule has 0 bridgehead atoms. The molecule has 0 aromatic heterocycles. The number of nitrogens with one attached hydrogen (secondary N) is 1. The van der Waals surface area contributed by atoms with Crippen molar-refractivity contribution in [2.45, 2.75) is 63.1 Å². The van der Waals surface area contributed by atoms with Gasteiger partial charge in [0.1, 0.15) is 24.1 Å². The lowest BCUT2D eigenvalue weighted by Crippen LogP contribution is -2.52. The van der Waals surface area contributed by atoms with E-state index in [1.165, 1.54) is 50.3 Å². The van der Waals surface area contributed by atoms with Crippen molar-refractivity contribution < 1.29 is 32.4 Å². The maximum atomic E-state index is 14.2. The molecule has 45 heavy (non-hydrogen) atoms. The Morgan fingerprint density at radius 1 is 0.978 bits per heavy atom. The number of nitrogens with zero attached hydrogens (tertiary/aromatic N) is 3. The summed E-state index contributed by atoms with van der Waals surface area (Å²) in [6.45, 7) is 2.47. The molecule has 0 aliphatic heterocycles. The molecule has 1 fully saturated rings. The number of sulfonamides is 1. The molecule has 1 aliphatic carbocycles. The van der Waals surface area contributed by atoms with Gasteiger partial charge in [0.15, 0.2) is 0 Å². The SMILES string of the molecule is COc1ccc(CN(C(=O)CN(c2ccc(OC)cc2)S(=O)(=O)c2ccc(C)c([N+](=O)[O-])c2)[C@@H](C)C(=O)NC2CCCC2)cc1. The first-order chi connectivity index (χ1) is 21.4. The fourth-order valence-electron chi connectivity index (χ4n) is 5.25. The van der Waals surface area contributed by atoms with Gasteiger partial charge in [-0.15, -0.1) is 0 Å². The third kappa shape index (κ3) is 7.90. The highest BCUT2D eigenvalue weighted by atomic mass is 32.2. The van der Waals surface area contributed by atoms with E-state index in [2.05, 4.69) is 5.32 Å². The van der Waals surface area contributed by atoms with Crippen LogP contribution >= 0.6 is 0 Å². The van der Waals surface area contributed by atoms with Gasteiger partial charge in [-0.2, -0.15) is 0 Å². The molecule has 1 aliphatic rings. The van der Waals surface area contributed by atoms with E-state index in [0.717, 1.165) is 36.1 Å². The Kier molecular flexibility index (Phi) is 10.7. The first-order valence-corrected chi connectivity index (χ1v) is 16.0. The van der Waals surface area contributed by atoms with Crippen LogP contribution in [0.15, 0.2) is 71.6 Å². The molecule has 12 nitrogen and oxygen atoms in total. The van der Waals surface area contributed by atoms with Crippen LogP contribution in [0.1, 0.15) is 43.7 Å². The summed E-state index contributed by atoms with van der Waals surface area (Å²) in [5, 5.41) is 14.7. The molecular weight excluding hydrogens is 600 g/mol. The quantitative estimate of drug-likeness (QED) is 0.211. The van der Waals surface area contributed by atoms with Crippen LogP contribution in [-0.2, 0) is 26.2 Å². The number of aryl methyl sites for hydroxylation is 1. The van der Waals surface area contributed by atoms with Crippen molar-refractivity contribution in [3.8, 4) is 11.5 Å². The Bertz CT molecular complexity index is 1620. The molecule has 0 spiro atoms. The number of nitro benzene ring substituents is 1. The molecule has 0 unspecified atom stereocenters. The lowest BCUT2D eigenvalue weighted by Gasteiger charge is -2.32. The third-order valence-corrected chi connectivity index (χ3v) is 9.76. The van der Waals surface area contributed by atoms with E-state index in [0.29, 0.717) is 22.6 Å². The smallest absolute Gasteiger partial charge is 0.273 e. The average Bonchev–Trinajstić information content (AvgIpc) is 3.55. The molecule has 13 heteroatoms. The topological polar surface area (TPSA) is 148 Å². The minimum absolute atomic E-state index is 0.0198. The van der Waals surface area contributed by atoms with Crippen molar-refractivity contribution in [3.63, 3.8) is 0 Å². The molecule has 1 N–H and O–H groups in total. The van der Waals surface area contributed by atoms with Gasteiger partial charge >= 0.3 is 0 Å². The molecule has 1 atom stereocenters. The monoisotopic (exact) mass is 638 g/mol. The van der Waals surface area contributed by atoms with E-state index in [4.69, 9.17) is 9.47 Å². The highest BCUT2D eigenvalue weighted by molar-refractivity contribution is 7.92. The summed E-state index contributed by atoms with van der Waals surface area (Å²) in [5.74, 6) is 0.108. The van der Waals surface area contributed by atoms with Gasteiger partial charge in [-0.05, 0) is 74.7 Å². The second kappa shape index (κ2) is 14.4. The zero-order chi connectivity index (χ0) is 32.7. The fourth-order valence-corrected chi connectivity index (χ4v) is 6.69. The summed E-state index contributed by atoms with van der Waals surface area (Å²) >= 11 is 0. The Morgan fingerprint density at radius 3 is 2.11 bits per heavy atom. The third-order valence-electron chi connectivity index (χ3n) is 7.99. The van der Waals surface area contributed by atoms with E-state index in [1.807, 2.05) is 0 Å². The predicted octanol–water partition coefficient (Wildman–Crippen LogP) is 4.59. The molecule has 2 amide bonds. The van der Waals surface area contributed by atoms with Crippen LogP contribution in [0.3, 0.4) is 0 Å². The number of carbonyl (C=O) groups excluding carboxylic acids is 2. The van der Waals surface area contributed by atoms with Crippen molar-refractivity contribution in [1.29, 1.82) is 0 Å². The summed E-state index contributed by atoms with van der Waals surface area (Å²) < 4.78 is 39.6. The lowest BCUT2D eigenvalue weighted by atomic mass is 10.1. The van der Waals surface area contributed by atoms with Crippen LogP contribution in [0.25, 0.3) is 0 Å². The minimum Gasteiger partial charge on any atom is -0.497 e. The summed E-state index contributed by atoms with van der Waals surface area (Å²) in [6, 6.07) is 15.8. The number of benzene rings is 3. The van der Waals surface area contributed by atoms with Crippen LogP contribution in [0.2, 0.25) is 0 Å². The Morgan fingerprint density at radius 2 is 1.56 bits per heavy atom. The zero-order valence-corrected chi connectivity index (χ0v) is 26.6. The fraction of sp³-hybridized carbons (Fsp3) is 0.375. The highest BCUT2D eigenvalue weighted by Gasteiger charge is 2.34. The molecule has 3 aromatic rings. The molecule has 0 heterocycles. The first-order valence-electron chi connectivity index (χ1n) is 14.6. The number of anilines is 1. The molecular formula is C32H38N4O8S. The van der Waals surface area contributed by atoms with Gasteiger partial charge in [-0.1, -0.05) is 31.0 Å². The van der Waals surface area contributed by atoms with Crippen molar-refractivity contribution in [2.24, 2.45) is 0 Å². The second-order valence-corrected chi connectivity index (χ2v) is 12.8. The van der Waals surface area contributed by atoms with Crippen LogP contribution < -0.4 is 19.1 Å². The van der Waals surface area contributed by atoms with Crippen LogP contribution in [0.5, 0.6) is 11.5 Å². The van der Waals surface area contributed by atoms with Crippen LogP contribution in [0, 0.1) is 17.0 Å². The summed E-state index contributed by atoms with van der Waals surface area (Å²) in [4.78, 5) is 39.5. The first kappa shape index (κ1) is 33.2. The van der Waals surface area contributed by atoms with Gasteiger partial charge in [-0.25, -0.2) is 8.42 Å². The van der Waals surface area contributed by atoms with Gasteiger partial charge in [0, 0.05) is 24.2 Å². The number of ether oxygens (including phenoxy) is 2. The Balaban J connectivity index is 1.73. The molecule has 1 saturated carbocycles. The zero-order valence-electron chi connectivity index (χ0n) is 25.8. The summed E-state index contributed by atoms with van der Waals surface area (Å²) in [5.41, 5.74) is 0.770. The molecule has 0 radical (unpaired) electrons. The van der Waals surface area contributed by atoms with E-state index in [1.54, 1.807) is 43.3 Å². The van der Waals surface area contributed by atoms with Crippen molar-refractivity contribution >= 4 is 33.2 Å². The van der Waals surface area contributed by atoms with E-state index in [-0.39, 0.29) is 34.8 Å². The van der Waals surface area contributed by atoms with E-state index < -0.39 is 33.4 Å². The highest BCUT2D eigenvalue weighted by Crippen LogP contribution is 2.30. The minimum atomic E-state index is -4.50. The number of nitro groups is 1. The molecule has 240 valence electrons. The second-order valence-electron chi connectivity index (χ2n) is 11.0. The predicted molar refractivity (Wildman–Crippen MR) is 169 cm³/mol. The standard InChI is InChI=1S/C32H38N4O8S/c1-22-9-18-29(19-30(22)36(39)40)45(41,42)35(26-12-16-28(44-4)17-13-26)21-31(37)34(20-24-10-14-27(43-3)15-11-24)23(2)32(38)33-25-7-5-6-8-25/h9-19,23,25H,5-8,20-21H2,1-4H3,(H,33,38)/t23-/m0/s1. The number of carbonyl (C=O) groups is 2. The number of amides is 2. The van der Waals surface area contributed by atoms with Gasteiger partial charge < -0.3 is 19.7 Å².